The molecule has 0 spiro atoms. The van der Waals surface area contributed by atoms with Crippen LogP contribution in [0.3, 0.4) is 0 Å². The van der Waals surface area contributed by atoms with Gasteiger partial charge in [-0.25, -0.2) is 0 Å². The summed E-state index contributed by atoms with van der Waals surface area (Å²) in [5, 5.41) is 0. The van der Waals surface area contributed by atoms with Crippen molar-refractivity contribution in [1.29, 1.82) is 0 Å². The summed E-state index contributed by atoms with van der Waals surface area (Å²) in [7, 11) is 0. The third kappa shape index (κ3) is 4.11. The Morgan fingerprint density at radius 3 is 2.22 bits per heavy atom. The van der Waals surface area contributed by atoms with Crippen molar-refractivity contribution in [3.8, 4) is 11.5 Å². The van der Waals surface area contributed by atoms with E-state index < -0.39 is 0 Å². The molecule has 0 aliphatic carbocycles. The van der Waals surface area contributed by atoms with E-state index in [1.165, 1.54) is 5.56 Å². The lowest BCUT2D eigenvalue weighted by Gasteiger charge is -2.07. The minimum atomic E-state index is 0.378. The fourth-order valence-electron chi connectivity index (χ4n) is 1.41. The Labute approximate surface area is 107 Å². The van der Waals surface area contributed by atoms with Crippen LogP contribution in [0.1, 0.15) is 5.56 Å². The summed E-state index contributed by atoms with van der Waals surface area (Å²) in [5.41, 5.74) is 1.21. The molecule has 0 radical (unpaired) electrons. The summed E-state index contributed by atoms with van der Waals surface area (Å²) in [6.45, 7) is 2.87. The topological polar surface area (TPSA) is 27.7 Å². The van der Waals surface area contributed by atoms with Crippen molar-refractivity contribution in [2.75, 3.05) is 13.2 Å². The minimum absolute atomic E-state index is 0.378. The molecule has 0 bridgehead atoms. The van der Waals surface area contributed by atoms with Crippen LogP contribution in [0.15, 0.2) is 54.6 Å². The molecule has 0 N–H and O–H groups in total. The number of rotatable bonds is 6. The molecular weight excluding hydrogens is 228 g/mol. The van der Waals surface area contributed by atoms with E-state index in [1.54, 1.807) is 0 Å². The molecule has 0 saturated heterocycles. The Bertz CT molecular complexity index is 451. The molecular formula is C15H16O3. The second kappa shape index (κ2) is 6.67. The van der Waals surface area contributed by atoms with Crippen molar-refractivity contribution in [1.82, 2.24) is 0 Å². The summed E-state index contributed by atoms with van der Waals surface area (Å²) in [6.07, 6.45) is 0. The molecule has 3 heteroatoms. The molecule has 0 heterocycles. The number of hydrogen-bond donors (Lipinski definition) is 0. The molecule has 0 amide bonds. The van der Waals surface area contributed by atoms with Crippen molar-refractivity contribution >= 4 is 0 Å². The average Bonchev–Trinajstić information content (AvgIpc) is 2.42. The molecule has 0 atom stereocenters. The smallest absolute Gasteiger partial charge is 0.165 e. The van der Waals surface area contributed by atoms with Gasteiger partial charge in [-0.15, -0.1) is 0 Å². The van der Waals surface area contributed by atoms with Crippen LogP contribution in [-0.4, -0.2) is 13.2 Å². The van der Waals surface area contributed by atoms with Crippen LogP contribution in [0.25, 0.3) is 0 Å². The Morgan fingerprint density at radius 1 is 0.778 bits per heavy atom. The quantitative estimate of drug-likeness (QED) is 0.443. The summed E-state index contributed by atoms with van der Waals surface area (Å²) in [6, 6.07) is 17.3. The first-order valence-corrected chi connectivity index (χ1v) is 5.88. The van der Waals surface area contributed by atoms with Gasteiger partial charge in [-0.2, -0.15) is 4.89 Å². The second-order valence-electron chi connectivity index (χ2n) is 3.88. The maximum absolute atomic E-state index is 5.49. The highest BCUT2D eigenvalue weighted by molar-refractivity contribution is 5.26. The highest BCUT2D eigenvalue weighted by Crippen LogP contribution is 2.11. The fourth-order valence-corrected chi connectivity index (χ4v) is 1.41. The van der Waals surface area contributed by atoms with Gasteiger partial charge in [-0.3, -0.25) is 0 Å². The highest BCUT2D eigenvalue weighted by Gasteiger charge is 1.95. The lowest BCUT2D eigenvalue weighted by atomic mass is 10.2. The van der Waals surface area contributed by atoms with E-state index in [2.05, 4.69) is 0 Å². The first kappa shape index (κ1) is 12.5. The predicted molar refractivity (Wildman–Crippen MR) is 69.7 cm³/mol. The highest BCUT2D eigenvalue weighted by atomic mass is 17.2. The average molecular weight is 244 g/mol. The normalized spacial score (nSPS) is 10.1. The molecule has 0 aliphatic rings. The molecule has 0 saturated carbocycles. The molecule has 0 aromatic heterocycles. The van der Waals surface area contributed by atoms with Crippen LogP contribution in [0, 0.1) is 6.92 Å². The van der Waals surface area contributed by atoms with Crippen molar-refractivity contribution in [2.24, 2.45) is 0 Å². The van der Waals surface area contributed by atoms with E-state index in [-0.39, 0.29) is 0 Å². The summed E-state index contributed by atoms with van der Waals surface area (Å²) in [4.78, 5) is 10.1. The Morgan fingerprint density at radius 2 is 1.50 bits per heavy atom. The van der Waals surface area contributed by atoms with Gasteiger partial charge < -0.3 is 9.62 Å². The largest absolute Gasteiger partial charge is 0.491 e. The third-order valence-electron chi connectivity index (χ3n) is 2.35. The molecule has 2 aromatic carbocycles. The second-order valence-corrected chi connectivity index (χ2v) is 3.88. The van der Waals surface area contributed by atoms with E-state index in [0.717, 1.165) is 5.75 Å². The first-order chi connectivity index (χ1) is 8.84. The lowest BCUT2D eigenvalue weighted by molar-refractivity contribution is -0.210. The van der Waals surface area contributed by atoms with Gasteiger partial charge in [0.05, 0.1) is 0 Å². The monoisotopic (exact) mass is 244 g/mol. The zero-order chi connectivity index (χ0) is 12.6. The van der Waals surface area contributed by atoms with Gasteiger partial charge in [0.15, 0.2) is 5.75 Å². The molecule has 0 fully saturated rings. The van der Waals surface area contributed by atoms with Crippen LogP contribution in [0.5, 0.6) is 11.5 Å². The van der Waals surface area contributed by atoms with Gasteiger partial charge in [0.1, 0.15) is 19.0 Å². The van der Waals surface area contributed by atoms with Gasteiger partial charge in [0.2, 0.25) is 0 Å². The number of benzene rings is 2. The van der Waals surface area contributed by atoms with E-state index in [4.69, 9.17) is 14.5 Å². The minimum Gasteiger partial charge on any atom is -0.491 e. The maximum atomic E-state index is 5.49. The Hall–Kier alpha value is -2.00. The van der Waals surface area contributed by atoms with E-state index in [9.17, 15) is 0 Å². The zero-order valence-corrected chi connectivity index (χ0v) is 10.3. The van der Waals surface area contributed by atoms with Crippen molar-refractivity contribution in [3.63, 3.8) is 0 Å². The molecule has 0 aliphatic heterocycles. The number of para-hydroxylation sites is 1. The third-order valence-corrected chi connectivity index (χ3v) is 2.35. The summed E-state index contributed by atoms with van der Waals surface area (Å²) < 4.78 is 5.49. The summed E-state index contributed by atoms with van der Waals surface area (Å²) >= 11 is 0. The predicted octanol–water partition coefficient (Wildman–Crippen LogP) is 3.38. The van der Waals surface area contributed by atoms with E-state index >= 15 is 0 Å². The first-order valence-electron chi connectivity index (χ1n) is 5.88. The summed E-state index contributed by atoms with van der Waals surface area (Å²) in [5.74, 6) is 1.52. The van der Waals surface area contributed by atoms with Crippen LogP contribution >= 0.6 is 0 Å². The van der Waals surface area contributed by atoms with Crippen molar-refractivity contribution in [2.45, 2.75) is 6.92 Å². The molecule has 2 rings (SSSR count). The molecule has 94 valence electrons. The van der Waals surface area contributed by atoms with Crippen molar-refractivity contribution < 1.29 is 14.5 Å². The van der Waals surface area contributed by atoms with Crippen LogP contribution < -0.4 is 9.62 Å². The van der Waals surface area contributed by atoms with E-state index in [1.807, 2.05) is 61.5 Å². The number of aryl methyl sites for hydroxylation is 1. The van der Waals surface area contributed by atoms with Gasteiger partial charge in [-0.05, 0) is 31.2 Å². The van der Waals surface area contributed by atoms with Crippen LogP contribution in [-0.2, 0) is 4.89 Å². The number of ether oxygens (including phenoxy) is 1. The van der Waals surface area contributed by atoms with Crippen LogP contribution in [0.4, 0.5) is 0 Å². The zero-order valence-electron chi connectivity index (χ0n) is 10.3. The SMILES string of the molecule is Cc1ccc(OCCOOc2ccccc2)cc1. The van der Waals surface area contributed by atoms with E-state index in [0.29, 0.717) is 19.0 Å². The molecule has 2 aromatic rings. The van der Waals surface area contributed by atoms with Gasteiger partial charge >= 0.3 is 0 Å². The fraction of sp³-hybridized carbons (Fsp3) is 0.200. The molecule has 0 unspecified atom stereocenters. The standard InChI is InChI=1S/C15H16O3/c1-13-7-9-14(10-8-13)16-11-12-17-18-15-5-3-2-4-6-15/h2-10H,11-12H2,1H3. The number of hydrogen-bond acceptors (Lipinski definition) is 3. The Kier molecular flexibility index (Phi) is 4.61. The molecule has 18 heavy (non-hydrogen) atoms. The lowest BCUT2D eigenvalue weighted by Crippen LogP contribution is -2.08. The molecule has 3 nitrogen and oxygen atoms in total. The van der Waals surface area contributed by atoms with Gasteiger partial charge in [0.25, 0.3) is 0 Å². The maximum Gasteiger partial charge on any atom is 0.165 e. The van der Waals surface area contributed by atoms with Crippen LogP contribution in [0.2, 0.25) is 0 Å². The Balaban J connectivity index is 1.63. The van der Waals surface area contributed by atoms with Crippen molar-refractivity contribution in [3.05, 3.63) is 60.2 Å². The van der Waals surface area contributed by atoms with Gasteiger partial charge in [0, 0.05) is 0 Å². The van der Waals surface area contributed by atoms with Gasteiger partial charge in [-0.1, -0.05) is 35.9 Å².